The molecule has 1 aromatic rings. The topological polar surface area (TPSA) is 24.4 Å². The molecule has 0 atom stereocenters. The molecule has 0 saturated heterocycles. The zero-order chi connectivity index (χ0) is 10.5. The Labute approximate surface area is 94.5 Å². The summed E-state index contributed by atoms with van der Waals surface area (Å²) in [6.07, 6.45) is 1.03. The van der Waals surface area contributed by atoms with Gasteiger partial charge < -0.3 is 5.32 Å². The number of hydrogen-bond donors (Lipinski definition) is 1. The standard InChI is InChI=1S/C12H14N2S/c1-10-9-14-12(15-10)13-8-7-11-5-3-2-4-6-11/h2-6H,1,7-9H2,(H,13,14). The van der Waals surface area contributed by atoms with Crippen molar-refractivity contribution in [3.8, 4) is 0 Å². The highest BCUT2D eigenvalue weighted by atomic mass is 32.2. The van der Waals surface area contributed by atoms with Crippen LogP contribution in [0.25, 0.3) is 0 Å². The zero-order valence-electron chi connectivity index (χ0n) is 8.57. The van der Waals surface area contributed by atoms with Crippen molar-refractivity contribution in [3.63, 3.8) is 0 Å². The van der Waals surface area contributed by atoms with Crippen LogP contribution in [-0.4, -0.2) is 18.3 Å². The van der Waals surface area contributed by atoms with Crippen LogP contribution in [0.5, 0.6) is 0 Å². The number of rotatable bonds is 3. The van der Waals surface area contributed by atoms with Gasteiger partial charge in [-0.2, -0.15) is 0 Å². The van der Waals surface area contributed by atoms with Crippen LogP contribution in [0.2, 0.25) is 0 Å². The third-order valence-corrected chi connectivity index (χ3v) is 3.06. The molecule has 0 aromatic heterocycles. The minimum Gasteiger partial charge on any atom is -0.364 e. The SMILES string of the molecule is C=C1CN=C(NCCc2ccccc2)S1. The van der Waals surface area contributed by atoms with Crippen molar-refractivity contribution in [2.75, 3.05) is 13.1 Å². The van der Waals surface area contributed by atoms with Crippen molar-refractivity contribution in [1.82, 2.24) is 5.32 Å². The van der Waals surface area contributed by atoms with Gasteiger partial charge in [0, 0.05) is 11.4 Å². The van der Waals surface area contributed by atoms with E-state index in [4.69, 9.17) is 0 Å². The highest BCUT2D eigenvalue weighted by Crippen LogP contribution is 2.20. The number of amidine groups is 1. The Morgan fingerprint density at radius 1 is 1.33 bits per heavy atom. The Morgan fingerprint density at radius 3 is 2.80 bits per heavy atom. The lowest BCUT2D eigenvalue weighted by Crippen LogP contribution is -2.21. The van der Waals surface area contributed by atoms with E-state index in [-0.39, 0.29) is 0 Å². The number of thioether (sulfide) groups is 1. The molecule has 0 bridgehead atoms. The summed E-state index contributed by atoms with van der Waals surface area (Å²) in [7, 11) is 0. The Kier molecular flexibility index (Phi) is 3.45. The van der Waals surface area contributed by atoms with Gasteiger partial charge in [-0.15, -0.1) is 0 Å². The number of nitrogens with one attached hydrogen (secondary N) is 1. The van der Waals surface area contributed by atoms with Gasteiger partial charge in [-0.3, -0.25) is 4.99 Å². The molecule has 0 fully saturated rings. The first-order valence-electron chi connectivity index (χ1n) is 5.02. The van der Waals surface area contributed by atoms with Crippen LogP contribution in [0.15, 0.2) is 46.8 Å². The molecule has 1 aliphatic rings. The van der Waals surface area contributed by atoms with E-state index < -0.39 is 0 Å². The van der Waals surface area contributed by atoms with E-state index in [2.05, 4.69) is 41.2 Å². The van der Waals surface area contributed by atoms with Crippen molar-refractivity contribution in [1.29, 1.82) is 0 Å². The summed E-state index contributed by atoms with van der Waals surface area (Å²) in [6, 6.07) is 10.5. The molecule has 1 heterocycles. The molecule has 0 unspecified atom stereocenters. The lowest BCUT2D eigenvalue weighted by Gasteiger charge is -2.04. The fraction of sp³-hybridized carbons (Fsp3) is 0.250. The van der Waals surface area contributed by atoms with E-state index in [9.17, 15) is 0 Å². The fourth-order valence-corrected chi connectivity index (χ4v) is 2.12. The lowest BCUT2D eigenvalue weighted by atomic mass is 10.2. The third-order valence-electron chi connectivity index (χ3n) is 2.17. The number of aliphatic imine (C=N–C) groups is 1. The van der Waals surface area contributed by atoms with Gasteiger partial charge in [-0.05, 0) is 12.0 Å². The molecule has 0 radical (unpaired) electrons. The van der Waals surface area contributed by atoms with Gasteiger partial charge in [-0.25, -0.2) is 0 Å². The van der Waals surface area contributed by atoms with Crippen molar-refractivity contribution in [3.05, 3.63) is 47.4 Å². The zero-order valence-corrected chi connectivity index (χ0v) is 9.39. The molecule has 0 amide bonds. The molecular formula is C12H14N2S. The highest BCUT2D eigenvalue weighted by Gasteiger charge is 2.09. The normalized spacial score (nSPS) is 15.2. The summed E-state index contributed by atoms with van der Waals surface area (Å²) in [6.45, 7) is 5.57. The average Bonchev–Trinajstić information content (AvgIpc) is 2.66. The summed E-state index contributed by atoms with van der Waals surface area (Å²) in [5, 5.41) is 4.32. The Balaban J connectivity index is 1.74. The summed E-state index contributed by atoms with van der Waals surface area (Å²) in [5.74, 6) is 0. The van der Waals surface area contributed by atoms with Crippen LogP contribution in [0.4, 0.5) is 0 Å². The van der Waals surface area contributed by atoms with E-state index in [1.807, 2.05) is 6.07 Å². The predicted molar refractivity (Wildman–Crippen MR) is 67.2 cm³/mol. The van der Waals surface area contributed by atoms with Gasteiger partial charge in [0.2, 0.25) is 0 Å². The van der Waals surface area contributed by atoms with Gasteiger partial charge in [-0.1, -0.05) is 48.7 Å². The van der Waals surface area contributed by atoms with Crippen molar-refractivity contribution in [2.45, 2.75) is 6.42 Å². The van der Waals surface area contributed by atoms with Crippen molar-refractivity contribution < 1.29 is 0 Å². The van der Waals surface area contributed by atoms with Crippen LogP contribution in [-0.2, 0) is 6.42 Å². The maximum Gasteiger partial charge on any atom is 0.161 e. The summed E-state index contributed by atoms with van der Waals surface area (Å²) >= 11 is 1.65. The fourth-order valence-electron chi connectivity index (χ4n) is 1.41. The maximum absolute atomic E-state index is 4.32. The second-order valence-corrected chi connectivity index (χ2v) is 4.59. The van der Waals surface area contributed by atoms with E-state index in [0.29, 0.717) is 0 Å². The molecule has 3 heteroatoms. The minimum absolute atomic E-state index is 0.762. The number of benzene rings is 1. The third kappa shape index (κ3) is 3.13. The molecule has 1 aliphatic heterocycles. The summed E-state index contributed by atoms with van der Waals surface area (Å²) < 4.78 is 0. The quantitative estimate of drug-likeness (QED) is 0.842. The smallest absolute Gasteiger partial charge is 0.161 e. The largest absolute Gasteiger partial charge is 0.364 e. The predicted octanol–water partition coefficient (Wildman–Crippen LogP) is 2.44. The molecular weight excluding hydrogens is 204 g/mol. The van der Waals surface area contributed by atoms with Gasteiger partial charge in [0.25, 0.3) is 0 Å². The molecule has 0 spiro atoms. The number of nitrogens with zero attached hydrogens (tertiary/aromatic N) is 1. The Morgan fingerprint density at radius 2 is 2.13 bits per heavy atom. The van der Waals surface area contributed by atoms with Crippen LogP contribution in [0, 0.1) is 0 Å². The first-order valence-corrected chi connectivity index (χ1v) is 5.84. The first-order chi connectivity index (χ1) is 7.34. The average molecular weight is 218 g/mol. The molecule has 0 aliphatic carbocycles. The molecule has 1 N–H and O–H groups in total. The van der Waals surface area contributed by atoms with Crippen LogP contribution in [0.1, 0.15) is 5.56 Å². The lowest BCUT2D eigenvalue weighted by molar-refractivity contribution is 0.873. The molecule has 15 heavy (non-hydrogen) atoms. The molecule has 1 aromatic carbocycles. The first kappa shape index (κ1) is 10.3. The van der Waals surface area contributed by atoms with E-state index in [1.165, 1.54) is 5.56 Å². The van der Waals surface area contributed by atoms with Crippen LogP contribution >= 0.6 is 11.8 Å². The number of hydrogen-bond acceptors (Lipinski definition) is 3. The monoisotopic (exact) mass is 218 g/mol. The Bertz CT molecular complexity index is 370. The van der Waals surface area contributed by atoms with Crippen molar-refractivity contribution in [2.24, 2.45) is 4.99 Å². The molecule has 2 nitrogen and oxygen atoms in total. The minimum atomic E-state index is 0.762. The second-order valence-electron chi connectivity index (χ2n) is 3.42. The van der Waals surface area contributed by atoms with Gasteiger partial charge >= 0.3 is 0 Å². The highest BCUT2D eigenvalue weighted by molar-refractivity contribution is 8.17. The van der Waals surface area contributed by atoms with Gasteiger partial charge in [0.1, 0.15) is 0 Å². The van der Waals surface area contributed by atoms with E-state index in [1.54, 1.807) is 11.8 Å². The van der Waals surface area contributed by atoms with Crippen LogP contribution in [0.3, 0.4) is 0 Å². The van der Waals surface area contributed by atoms with Gasteiger partial charge in [0.05, 0.1) is 6.54 Å². The summed E-state index contributed by atoms with van der Waals surface area (Å²) in [4.78, 5) is 5.44. The van der Waals surface area contributed by atoms with Crippen LogP contribution < -0.4 is 5.32 Å². The van der Waals surface area contributed by atoms with E-state index in [0.717, 1.165) is 29.6 Å². The molecule has 2 rings (SSSR count). The second kappa shape index (κ2) is 5.03. The molecule has 78 valence electrons. The Hall–Kier alpha value is -1.22. The van der Waals surface area contributed by atoms with Gasteiger partial charge in [0.15, 0.2) is 5.17 Å². The maximum atomic E-state index is 4.32. The van der Waals surface area contributed by atoms with Crippen molar-refractivity contribution >= 4 is 16.9 Å². The molecule has 0 saturated carbocycles. The van der Waals surface area contributed by atoms with E-state index >= 15 is 0 Å². The summed E-state index contributed by atoms with van der Waals surface area (Å²) in [5.41, 5.74) is 1.35.